The van der Waals surface area contributed by atoms with E-state index in [1.807, 2.05) is 23.6 Å². The fourth-order valence-corrected chi connectivity index (χ4v) is 4.17. The van der Waals surface area contributed by atoms with E-state index in [2.05, 4.69) is 15.4 Å². The molecule has 0 N–H and O–H groups in total. The number of furan rings is 1. The van der Waals surface area contributed by atoms with E-state index in [-0.39, 0.29) is 24.1 Å². The molecule has 0 saturated carbocycles. The van der Waals surface area contributed by atoms with Crippen LogP contribution in [0.5, 0.6) is 0 Å². The maximum atomic E-state index is 13.1. The van der Waals surface area contributed by atoms with Gasteiger partial charge in [-0.2, -0.15) is 5.10 Å². The lowest BCUT2D eigenvalue weighted by Gasteiger charge is -2.20. The zero-order valence-electron chi connectivity index (χ0n) is 15.1. The van der Waals surface area contributed by atoms with Gasteiger partial charge < -0.3 is 4.42 Å². The summed E-state index contributed by atoms with van der Waals surface area (Å²) in [6, 6.07) is 14.2. The Bertz CT molecular complexity index is 1260. The van der Waals surface area contributed by atoms with Crippen LogP contribution in [0.1, 0.15) is 23.1 Å². The first-order valence-electron chi connectivity index (χ1n) is 9.00. The number of hydrazone groups is 1. The third kappa shape index (κ3) is 3.15. The van der Waals surface area contributed by atoms with E-state index in [1.165, 1.54) is 5.01 Å². The van der Waals surface area contributed by atoms with Crippen LogP contribution in [0.25, 0.3) is 10.9 Å². The molecule has 8 nitrogen and oxygen atoms in total. The van der Waals surface area contributed by atoms with E-state index in [0.29, 0.717) is 28.8 Å². The normalized spacial score (nSPS) is 16.3. The summed E-state index contributed by atoms with van der Waals surface area (Å²) in [5.41, 5.74) is 0.835. The van der Waals surface area contributed by atoms with E-state index in [0.717, 1.165) is 9.56 Å². The zero-order chi connectivity index (χ0) is 19.8. The number of carbonyl (C=O) groups excluding carboxylic acids is 1. The number of hydrogen-bond donors (Lipinski definition) is 0. The quantitative estimate of drug-likeness (QED) is 0.520. The maximum absolute atomic E-state index is 13.1. The lowest BCUT2D eigenvalue weighted by atomic mass is 10.1. The predicted octanol–water partition coefficient (Wildman–Crippen LogP) is 2.82. The van der Waals surface area contributed by atoms with Gasteiger partial charge in [0.2, 0.25) is 0 Å². The van der Waals surface area contributed by atoms with E-state index < -0.39 is 0 Å². The number of aromatic nitrogens is 3. The Morgan fingerprint density at radius 1 is 1.17 bits per heavy atom. The highest BCUT2D eigenvalue weighted by Gasteiger charge is 2.35. The lowest BCUT2D eigenvalue weighted by Crippen LogP contribution is -2.35. The van der Waals surface area contributed by atoms with Gasteiger partial charge in [0.05, 0.1) is 17.7 Å². The minimum absolute atomic E-state index is 0.243. The summed E-state index contributed by atoms with van der Waals surface area (Å²) in [7, 11) is 0. The molecule has 1 aliphatic rings. The van der Waals surface area contributed by atoms with Crippen molar-refractivity contribution >= 4 is 33.9 Å². The largest absolute Gasteiger partial charge is 0.463 e. The molecule has 4 aromatic rings. The van der Waals surface area contributed by atoms with Crippen LogP contribution in [0.2, 0.25) is 0 Å². The highest BCUT2D eigenvalue weighted by molar-refractivity contribution is 7.10. The Kier molecular flexibility index (Phi) is 4.28. The van der Waals surface area contributed by atoms with Gasteiger partial charge in [-0.15, -0.1) is 16.4 Å². The first kappa shape index (κ1) is 17.5. The van der Waals surface area contributed by atoms with E-state index in [1.54, 1.807) is 47.9 Å². The van der Waals surface area contributed by atoms with Gasteiger partial charge in [0, 0.05) is 11.3 Å². The Balaban J connectivity index is 1.48. The molecule has 5 rings (SSSR count). The molecule has 9 heteroatoms. The van der Waals surface area contributed by atoms with Gasteiger partial charge >= 0.3 is 0 Å². The number of hydrogen-bond acceptors (Lipinski definition) is 7. The topological polar surface area (TPSA) is 93.6 Å². The number of benzene rings is 1. The Labute approximate surface area is 168 Å². The van der Waals surface area contributed by atoms with Crippen molar-refractivity contribution in [2.45, 2.75) is 19.0 Å². The summed E-state index contributed by atoms with van der Waals surface area (Å²) in [5, 5.41) is 16.3. The van der Waals surface area contributed by atoms with Crippen molar-refractivity contribution in [1.29, 1.82) is 0 Å². The Morgan fingerprint density at radius 3 is 2.86 bits per heavy atom. The van der Waals surface area contributed by atoms with Gasteiger partial charge in [-0.05, 0) is 35.7 Å². The van der Waals surface area contributed by atoms with Gasteiger partial charge in [-0.25, -0.2) is 9.69 Å². The molecule has 0 bridgehead atoms. The van der Waals surface area contributed by atoms with Gasteiger partial charge in [0.1, 0.15) is 23.5 Å². The zero-order valence-corrected chi connectivity index (χ0v) is 16.0. The van der Waals surface area contributed by atoms with Crippen molar-refractivity contribution in [2.75, 3.05) is 0 Å². The second kappa shape index (κ2) is 7.10. The molecule has 1 aliphatic heterocycles. The molecular formula is C20H15N5O3S. The van der Waals surface area contributed by atoms with Crippen LogP contribution >= 0.6 is 11.3 Å². The van der Waals surface area contributed by atoms with E-state index in [9.17, 15) is 9.59 Å². The van der Waals surface area contributed by atoms with Crippen molar-refractivity contribution in [1.82, 2.24) is 20.0 Å². The Morgan fingerprint density at radius 2 is 2.07 bits per heavy atom. The molecule has 1 atom stereocenters. The van der Waals surface area contributed by atoms with E-state index in [4.69, 9.17) is 4.42 Å². The van der Waals surface area contributed by atoms with Crippen molar-refractivity contribution in [3.8, 4) is 0 Å². The lowest BCUT2D eigenvalue weighted by molar-refractivity contribution is -0.133. The minimum Gasteiger partial charge on any atom is -0.463 e. The maximum Gasteiger partial charge on any atom is 0.278 e. The second-order valence-electron chi connectivity index (χ2n) is 6.57. The molecule has 3 aromatic heterocycles. The van der Waals surface area contributed by atoms with Gasteiger partial charge in [-0.3, -0.25) is 9.59 Å². The fraction of sp³-hybridized carbons (Fsp3) is 0.150. The van der Waals surface area contributed by atoms with Crippen molar-refractivity contribution in [3.63, 3.8) is 0 Å². The summed E-state index contributed by atoms with van der Waals surface area (Å²) in [5.74, 6) is 0.293. The van der Waals surface area contributed by atoms with Crippen molar-refractivity contribution in [2.24, 2.45) is 5.10 Å². The number of carbonyl (C=O) groups is 1. The third-order valence-electron chi connectivity index (χ3n) is 4.76. The molecule has 144 valence electrons. The first-order chi connectivity index (χ1) is 14.2. The van der Waals surface area contributed by atoms with Crippen LogP contribution in [0.3, 0.4) is 0 Å². The average molecular weight is 405 g/mol. The molecule has 1 amide bonds. The molecule has 1 aromatic carbocycles. The standard InChI is InChI=1S/C20H15N5O3S/c26-19(12-24-20(27)13-5-1-2-6-14(13)21-23-24)25-16(18-8-4-10-29-18)11-15(22-25)17-7-3-9-28-17/h1-10,16H,11-12H2/t16-/m1/s1. The fourth-order valence-electron chi connectivity index (χ4n) is 3.36. The third-order valence-corrected chi connectivity index (χ3v) is 5.73. The molecule has 0 saturated heterocycles. The van der Waals surface area contributed by atoms with Crippen LogP contribution in [0.4, 0.5) is 0 Å². The molecule has 0 spiro atoms. The van der Waals surface area contributed by atoms with Crippen molar-refractivity contribution < 1.29 is 9.21 Å². The number of amides is 1. The number of fused-ring (bicyclic) bond motifs is 1. The highest BCUT2D eigenvalue weighted by atomic mass is 32.1. The SMILES string of the molecule is O=C(Cn1nnc2ccccc2c1=O)N1N=C(c2ccco2)C[C@@H]1c1cccs1. The highest BCUT2D eigenvalue weighted by Crippen LogP contribution is 2.35. The summed E-state index contributed by atoms with van der Waals surface area (Å²) >= 11 is 1.56. The van der Waals surface area contributed by atoms with Gasteiger partial charge in [0.25, 0.3) is 11.5 Å². The van der Waals surface area contributed by atoms with Gasteiger partial charge in [-0.1, -0.05) is 23.4 Å². The number of nitrogens with zero attached hydrogens (tertiary/aromatic N) is 5. The molecule has 0 aliphatic carbocycles. The van der Waals surface area contributed by atoms with Crippen LogP contribution in [-0.2, 0) is 11.3 Å². The molecule has 0 radical (unpaired) electrons. The first-order valence-corrected chi connectivity index (χ1v) is 9.88. The number of rotatable bonds is 4. The average Bonchev–Trinajstić information content (AvgIpc) is 3.50. The molecule has 0 unspecified atom stereocenters. The Hall–Kier alpha value is -3.59. The summed E-state index contributed by atoms with van der Waals surface area (Å²) in [6.07, 6.45) is 2.12. The minimum atomic E-state index is -0.356. The summed E-state index contributed by atoms with van der Waals surface area (Å²) in [4.78, 5) is 26.8. The smallest absolute Gasteiger partial charge is 0.278 e. The second-order valence-corrected chi connectivity index (χ2v) is 7.55. The summed E-state index contributed by atoms with van der Waals surface area (Å²) < 4.78 is 6.53. The van der Waals surface area contributed by atoms with Crippen LogP contribution in [-0.4, -0.2) is 31.6 Å². The van der Waals surface area contributed by atoms with Gasteiger partial charge in [0.15, 0.2) is 0 Å². The summed E-state index contributed by atoms with van der Waals surface area (Å²) in [6.45, 7) is -0.243. The molecule has 29 heavy (non-hydrogen) atoms. The molecular weight excluding hydrogens is 390 g/mol. The van der Waals surface area contributed by atoms with Crippen LogP contribution in [0, 0.1) is 0 Å². The van der Waals surface area contributed by atoms with E-state index >= 15 is 0 Å². The predicted molar refractivity (Wildman–Crippen MR) is 108 cm³/mol. The van der Waals surface area contributed by atoms with Crippen LogP contribution in [0.15, 0.2) is 74.5 Å². The monoisotopic (exact) mass is 405 g/mol. The molecule has 4 heterocycles. The molecule has 0 fully saturated rings. The number of thiophene rings is 1. The van der Waals surface area contributed by atoms with Crippen LogP contribution < -0.4 is 5.56 Å². The van der Waals surface area contributed by atoms with Crippen molar-refractivity contribution in [3.05, 3.63) is 81.2 Å².